The number of carbonyl (C=O) groups is 2. The van der Waals surface area contributed by atoms with Crippen LogP contribution in [0.25, 0.3) is 0 Å². The van der Waals surface area contributed by atoms with Crippen LogP contribution in [0.4, 0.5) is 4.79 Å². The Kier molecular flexibility index (Phi) is 6.96. The van der Waals surface area contributed by atoms with Crippen LogP contribution in [0.3, 0.4) is 0 Å². The van der Waals surface area contributed by atoms with Crippen molar-refractivity contribution in [1.29, 1.82) is 0 Å². The summed E-state index contributed by atoms with van der Waals surface area (Å²) in [6.45, 7) is 9.96. The summed E-state index contributed by atoms with van der Waals surface area (Å²) in [7, 11) is 0. The molecule has 2 heterocycles. The highest BCUT2D eigenvalue weighted by atomic mass is 32.1. The topological polar surface area (TPSA) is 98.7 Å². The van der Waals surface area contributed by atoms with Crippen molar-refractivity contribution in [2.24, 2.45) is 4.99 Å². The molecule has 3 N–H and O–H groups in total. The van der Waals surface area contributed by atoms with Crippen molar-refractivity contribution in [3.8, 4) is 0 Å². The predicted octanol–water partition coefficient (Wildman–Crippen LogP) is 1.62. The number of hydrogen-bond donors (Lipinski definition) is 3. The lowest BCUT2D eigenvalue weighted by Crippen LogP contribution is -2.43. The zero-order valence-corrected chi connectivity index (χ0v) is 16.7. The van der Waals surface area contributed by atoms with Gasteiger partial charge < -0.3 is 16.0 Å². The van der Waals surface area contributed by atoms with Crippen molar-refractivity contribution in [2.75, 3.05) is 19.6 Å². The van der Waals surface area contributed by atoms with E-state index in [2.05, 4.69) is 25.9 Å². The second kappa shape index (κ2) is 8.98. The van der Waals surface area contributed by atoms with E-state index < -0.39 is 5.54 Å². The lowest BCUT2D eigenvalue weighted by Gasteiger charge is -2.19. The molecule has 8 nitrogen and oxygen atoms in total. The van der Waals surface area contributed by atoms with Gasteiger partial charge in [-0.2, -0.15) is 0 Å². The number of guanidine groups is 1. The van der Waals surface area contributed by atoms with E-state index in [0.29, 0.717) is 38.4 Å². The fraction of sp³-hybridized carbons (Fsp3) is 0.647. The van der Waals surface area contributed by atoms with Gasteiger partial charge in [0.2, 0.25) is 0 Å². The fourth-order valence-electron chi connectivity index (χ4n) is 2.60. The Balaban J connectivity index is 1.81. The van der Waals surface area contributed by atoms with Crippen LogP contribution in [-0.2, 0) is 11.3 Å². The van der Waals surface area contributed by atoms with E-state index >= 15 is 0 Å². The van der Waals surface area contributed by atoms with Crippen LogP contribution in [0.5, 0.6) is 0 Å². The number of nitrogens with zero attached hydrogens (tertiary/aromatic N) is 3. The van der Waals surface area contributed by atoms with Gasteiger partial charge in [0.1, 0.15) is 10.5 Å². The number of hydrogen-bond acceptors (Lipinski definition) is 5. The van der Waals surface area contributed by atoms with Crippen LogP contribution in [-0.4, -0.2) is 53.0 Å². The molecule has 0 aliphatic carbocycles. The molecule has 1 unspecified atom stereocenters. The molecule has 1 saturated heterocycles. The second-order valence-electron chi connectivity index (χ2n) is 6.41. The summed E-state index contributed by atoms with van der Waals surface area (Å²) < 4.78 is 0. The zero-order valence-electron chi connectivity index (χ0n) is 15.9. The van der Waals surface area contributed by atoms with E-state index in [1.807, 2.05) is 27.0 Å². The minimum Gasteiger partial charge on any atom is -0.357 e. The smallest absolute Gasteiger partial charge is 0.325 e. The third kappa shape index (κ3) is 4.94. The number of rotatable bonds is 8. The molecule has 2 rings (SSSR count). The Morgan fingerprint density at radius 1 is 1.38 bits per heavy atom. The molecular weight excluding hydrogens is 352 g/mol. The number of aliphatic imine (C=N–C) groups is 1. The quantitative estimate of drug-likeness (QED) is 0.275. The summed E-state index contributed by atoms with van der Waals surface area (Å²) in [4.78, 5) is 35.6. The SMILES string of the molecule is CCNC(=NCc1ncc(C)s1)NCCCN1C(=O)NC(C)(CC)C1=O. The molecule has 9 heteroatoms. The molecule has 0 aromatic carbocycles. The first kappa shape index (κ1) is 20.2. The van der Waals surface area contributed by atoms with E-state index in [0.717, 1.165) is 11.6 Å². The lowest BCUT2D eigenvalue weighted by atomic mass is 9.99. The lowest BCUT2D eigenvalue weighted by molar-refractivity contribution is -0.130. The van der Waals surface area contributed by atoms with Crippen molar-refractivity contribution < 1.29 is 9.59 Å². The molecule has 26 heavy (non-hydrogen) atoms. The standard InChI is InChI=1S/C17H28N6O2S/c1-5-17(4)14(24)23(16(25)22-17)9-7-8-19-15(18-6-2)21-11-13-20-10-12(3)26-13/h10H,5-9,11H2,1-4H3,(H,22,25)(H2,18,19,21). The van der Waals surface area contributed by atoms with Crippen LogP contribution in [0.1, 0.15) is 43.5 Å². The summed E-state index contributed by atoms with van der Waals surface area (Å²) in [6, 6.07) is -0.306. The average Bonchev–Trinajstić information content (AvgIpc) is 3.12. The van der Waals surface area contributed by atoms with Crippen molar-refractivity contribution in [3.05, 3.63) is 16.1 Å². The maximum atomic E-state index is 12.3. The van der Waals surface area contributed by atoms with Crippen molar-refractivity contribution >= 4 is 29.2 Å². The highest BCUT2D eigenvalue weighted by Gasteiger charge is 2.45. The number of carbonyl (C=O) groups excluding carboxylic acids is 2. The number of amides is 3. The number of urea groups is 1. The highest BCUT2D eigenvalue weighted by molar-refractivity contribution is 7.11. The van der Waals surface area contributed by atoms with Gasteiger partial charge in [0.15, 0.2) is 5.96 Å². The third-order valence-corrected chi connectivity index (χ3v) is 5.19. The first-order valence-corrected chi connectivity index (χ1v) is 9.79. The minimum atomic E-state index is -0.771. The molecular formula is C17H28N6O2S. The zero-order chi connectivity index (χ0) is 19.2. The first-order chi connectivity index (χ1) is 12.4. The molecule has 1 fully saturated rings. The normalized spacial score (nSPS) is 20.5. The van der Waals surface area contributed by atoms with E-state index in [9.17, 15) is 9.59 Å². The molecule has 0 radical (unpaired) electrons. The van der Waals surface area contributed by atoms with E-state index in [1.165, 1.54) is 9.78 Å². The predicted molar refractivity (Wildman–Crippen MR) is 103 cm³/mol. The van der Waals surface area contributed by atoms with Gasteiger partial charge in [0.05, 0.1) is 6.54 Å². The minimum absolute atomic E-state index is 0.148. The Hall–Kier alpha value is -2.16. The van der Waals surface area contributed by atoms with Gasteiger partial charge in [-0.1, -0.05) is 6.92 Å². The van der Waals surface area contributed by atoms with Gasteiger partial charge in [0, 0.05) is 30.7 Å². The number of nitrogens with one attached hydrogen (secondary N) is 3. The molecule has 1 aliphatic rings. The van der Waals surface area contributed by atoms with E-state index in [4.69, 9.17) is 0 Å². The van der Waals surface area contributed by atoms with Gasteiger partial charge in [-0.3, -0.25) is 9.69 Å². The molecule has 1 aromatic heterocycles. The maximum Gasteiger partial charge on any atom is 0.325 e. The van der Waals surface area contributed by atoms with Gasteiger partial charge in [-0.05, 0) is 33.6 Å². The molecule has 1 aromatic rings. The van der Waals surface area contributed by atoms with Gasteiger partial charge >= 0.3 is 6.03 Å². The molecule has 144 valence electrons. The van der Waals surface area contributed by atoms with Gasteiger partial charge in [0.25, 0.3) is 5.91 Å². The Labute approximate surface area is 158 Å². The summed E-state index contributed by atoms with van der Waals surface area (Å²) in [6.07, 6.45) is 3.08. The average molecular weight is 381 g/mol. The molecule has 0 bridgehead atoms. The largest absolute Gasteiger partial charge is 0.357 e. The van der Waals surface area contributed by atoms with Crippen molar-refractivity contribution in [2.45, 2.75) is 52.6 Å². The summed E-state index contributed by atoms with van der Waals surface area (Å²) in [5.41, 5.74) is -0.771. The highest BCUT2D eigenvalue weighted by Crippen LogP contribution is 2.20. The number of aromatic nitrogens is 1. The van der Waals surface area contributed by atoms with Crippen LogP contribution >= 0.6 is 11.3 Å². The molecule has 1 atom stereocenters. The number of imide groups is 1. The fourth-order valence-corrected chi connectivity index (χ4v) is 3.31. The van der Waals surface area contributed by atoms with Crippen molar-refractivity contribution in [1.82, 2.24) is 25.8 Å². The van der Waals surface area contributed by atoms with E-state index in [-0.39, 0.29) is 11.9 Å². The van der Waals surface area contributed by atoms with Crippen LogP contribution in [0.2, 0.25) is 0 Å². The Morgan fingerprint density at radius 3 is 2.73 bits per heavy atom. The maximum absolute atomic E-state index is 12.3. The second-order valence-corrected chi connectivity index (χ2v) is 7.73. The van der Waals surface area contributed by atoms with Gasteiger partial charge in [-0.15, -0.1) is 11.3 Å². The summed E-state index contributed by atoms with van der Waals surface area (Å²) in [5, 5.41) is 10.2. The van der Waals surface area contributed by atoms with Crippen molar-refractivity contribution in [3.63, 3.8) is 0 Å². The molecule has 1 aliphatic heterocycles. The Bertz CT molecular complexity index is 674. The van der Waals surface area contributed by atoms with Crippen LogP contribution in [0.15, 0.2) is 11.2 Å². The number of thiazole rings is 1. The first-order valence-electron chi connectivity index (χ1n) is 8.97. The van der Waals surface area contributed by atoms with E-state index in [1.54, 1.807) is 18.3 Å². The monoisotopic (exact) mass is 380 g/mol. The molecule has 0 spiro atoms. The van der Waals surface area contributed by atoms with Crippen LogP contribution in [0, 0.1) is 6.92 Å². The third-order valence-electron chi connectivity index (χ3n) is 4.29. The Morgan fingerprint density at radius 2 is 2.15 bits per heavy atom. The summed E-state index contributed by atoms with van der Waals surface area (Å²) in [5.74, 6) is 0.556. The van der Waals surface area contributed by atoms with Gasteiger partial charge in [-0.25, -0.2) is 14.8 Å². The van der Waals surface area contributed by atoms with Crippen LogP contribution < -0.4 is 16.0 Å². The summed E-state index contributed by atoms with van der Waals surface area (Å²) >= 11 is 1.63. The number of aryl methyl sites for hydroxylation is 1. The molecule has 0 saturated carbocycles. The molecule has 3 amide bonds.